The maximum Gasteiger partial charge on any atom is 0.244 e. The van der Waals surface area contributed by atoms with Gasteiger partial charge in [0, 0.05) is 18.8 Å². The number of amides is 1. The molecule has 1 aromatic carbocycles. The predicted octanol–water partition coefficient (Wildman–Crippen LogP) is 1.34. The number of nitrogens with two attached hydrogens (primary N) is 1. The van der Waals surface area contributed by atoms with Gasteiger partial charge in [-0.05, 0) is 37.5 Å². The predicted molar refractivity (Wildman–Crippen MR) is 77.1 cm³/mol. The number of hydrogen-bond acceptors (Lipinski definition) is 2. The van der Waals surface area contributed by atoms with Crippen LogP contribution in [0.15, 0.2) is 29.3 Å². The molecular formula is C14H20N4O. The third-order valence-electron chi connectivity index (χ3n) is 3.13. The van der Waals surface area contributed by atoms with Gasteiger partial charge in [0.05, 0.1) is 0 Å². The van der Waals surface area contributed by atoms with Gasteiger partial charge in [0.2, 0.25) is 5.91 Å². The van der Waals surface area contributed by atoms with E-state index in [1.165, 1.54) is 0 Å². The molecule has 2 rings (SSSR count). The molecule has 0 radical (unpaired) electrons. The molecule has 1 aliphatic heterocycles. The summed E-state index contributed by atoms with van der Waals surface area (Å²) in [5.41, 5.74) is 7.80. The molecule has 1 fully saturated rings. The van der Waals surface area contributed by atoms with Gasteiger partial charge >= 0.3 is 0 Å². The Morgan fingerprint density at radius 1 is 1.42 bits per heavy atom. The number of aliphatic imine (C=N–C) groups is 1. The second kappa shape index (κ2) is 6.22. The number of benzene rings is 1. The van der Waals surface area contributed by atoms with Crippen molar-refractivity contribution >= 4 is 17.6 Å². The van der Waals surface area contributed by atoms with Crippen LogP contribution >= 0.6 is 0 Å². The number of aryl methyl sites for hydroxylation is 1. The summed E-state index contributed by atoms with van der Waals surface area (Å²) in [6, 6.07) is 7.85. The number of guanidine groups is 1. The fraction of sp³-hybridized carbons (Fsp3) is 0.429. The Bertz CT molecular complexity index is 478. The van der Waals surface area contributed by atoms with Crippen molar-refractivity contribution < 1.29 is 4.79 Å². The fourth-order valence-corrected chi connectivity index (χ4v) is 2.13. The maximum absolute atomic E-state index is 11.8. The lowest BCUT2D eigenvalue weighted by Crippen LogP contribution is -2.31. The van der Waals surface area contributed by atoms with Gasteiger partial charge in [-0.3, -0.25) is 4.79 Å². The van der Waals surface area contributed by atoms with E-state index in [1.807, 2.05) is 36.1 Å². The Hall–Kier alpha value is -2.04. The summed E-state index contributed by atoms with van der Waals surface area (Å²) in [6.45, 7) is 3.82. The van der Waals surface area contributed by atoms with Crippen molar-refractivity contribution in [3.05, 3.63) is 29.8 Å². The van der Waals surface area contributed by atoms with Crippen molar-refractivity contribution in [2.45, 2.75) is 19.8 Å². The van der Waals surface area contributed by atoms with Crippen LogP contribution in [0, 0.1) is 6.92 Å². The first kappa shape index (κ1) is 13.4. The fourth-order valence-electron chi connectivity index (χ4n) is 2.13. The monoisotopic (exact) mass is 260 g/mol. The highest BCUT2D eigenvalue weighted by atomic mass is 16.2. The van der Waals surface area contributed by atoms with E-state index in [4.69, 9.17) is 5.73 Å². The van der Waals surface area contributed by atoms with Gasteiger partial charge < -0.3 is 16.0 Å². The number of rotatable bonds is 3. The zero-order chi connectivity index (χ0) is 13.7. The second-order valence-electron chi connectivity index (χ2n) is 4.78. The van der Waals surface area contributed by atoms with Crippen molar-refractivity contribution in [3.63, 3.8) is 0 Å². The van der Waals surface area contributed by atoms with Crippen LogP contribution in [0.4, 0.5) is 5.69 Å². The SMILES string of the molecule is Cc1cccc(NC(N)=NCC(=O)N2CCCC2)c1. The van der Waals surface area contributed by atoms with Gasteiger partial charge in [0.25, 0.3) is 0 Å². The summed E-state index contributed by atoms with van der Waals surface area (Å²) >= 11 is 0. The van der Waals surface area contributed by atoms with Gasteiger partial charge in [-0.2, -0.15) is 0 Å². The molecule has 1 heterocycles. The molecular weight excluding hydrogens is 240 g/mol. The third-order valence-corrected chi connectivity index (χ3v) is 3.13. The molecule has 5 nitrogen and oxygen atoms in total. The van der Waals surface area contributed by atoms with Crippen molar-refractivity contribution in [2.75, 3.05) is 25.0 Å². The zero-order valence-electron chi connectivity index (χ0n) is 11.2. The molecule has 1 aliphatic rings. The topological polar surface area (TPSA) is 70.7 Å². The smallest absolute Gasteiger partial charge is 0.244 e. The highest BCUT2D eigenvalue weighted by molar-refractivity contribution is 5.93. The summed E-state index contributed by atoms with van der Waals surface area (Å²) < 4.78 is 0. The van der Waals surface area contributed by atoms with Crippen molar-refractivity contribution in [1.29, 1.82) is 0 Å². The van der Waals surface area contributed by atoms with E-state index in [1.54, 1.807) is 0 Å². The lowest BCUT2D eigenvalue weighted by molar-refractivity contribution is -0.128. The molecule has 3 N–H and O–H groups in total. The number of anilines is 1. The van der Waals surface area contributed by atoms with Crippen LogP contribution in [-0.2, 0) is 4.79 Å². The van der Waals surface area contributed by atoms with E-state index in [0.29, 0.717) is 0 Å². The number of likely N-dealkylation sites (tertiary alicyclic amines) is 1. The highest BCUT2D eigenvalue weighted by Crippen LogP contribution is 2.09. The Balaban J connectivity index is 1.86. The van der Waals surface area contributed by atoms with Gasteiger partial charge in [-0.1, -0.05) is 12.1 Å². The minimum absolute atomic E-state index is 0.0477. The van der Waals surface area contributed by atoms with E-state index >= 15 is 0 Å². The quantitative estimate of drug-likeness (QED) is 0.636. The first-order valence-electron chi connectivity index (χ1n) is 6.56. The highest BCUT2D eigenvalue weighted by Gasteiger charge is 2.16. The zero-order valence-corrected chi connectivity index (χ0v) is 11.2. The van der Waals surface area contributed by atoms with Crippen LogP contribution in [0.3, 0.4) is 0 Å². The largest absolute Gasteiger partial charge is 0.370 e. The number of carbonyl (C=O) groups is 1. The minimum atomic E-state index is 0.0477. The summed E-state index contributed by atoms with van der Waals surface area (Å²) in [5.74, 6) is 0.324. The van der Waals surface area contributed by atoms with Gasteiger partial charge in [0.1, 0.15) is 6.54 Å². The maximum atomic E-state index is 11.8. The number of hydrogen-bond donors (Lipinski definition) is 2. The Labute approximate surface area is 113 Å². The lowest BCUT2D eigenvalue weighted by atomic mass is 10.2. The van der Waals surface area contributed by atoms with Crippen LogP contribution in [0.5, 0.6) is 0 Å². The minimum Gasteiger partial charge on any atom is -0.370 e. The molecule has 0 aliphatic carbocycles. The van der Waals surface area contributed by atoms with E-state index in [2.05, 4.69) is 10.3 Å². The van der Waals surface area contributed by atoms with Crippen molar-refractivity contribution in [3.8, 4) is 0 Å². The summed E-state index contributed by atoms with van der Waals surface area (Å²) in [4.78, 5) is 17.7. The molecule has 0 saturated carbocycles. The number of nitrogens with one attached hydrogen (secondary N) is 1. The molecule has 0 unspecified atom stereocenters. The third kappa shape index (κ3) is 3.98. The molecule has 102 valence electrons. The van der Waals surface area contributed by atoms with E-state index in [-0.39, 0.29) is 18.4 Å². The normalized spacial score (nSPS) is 15.6. The Kier molecular flexibility index (Phi) is 4.39. The van der Waals surface area contributed by atoms with Gasteiger partial charge in [0.15, 0.2) is 5.96 Å². The first-order valence-corrected chi connectivity index (χ1v) is 6.56. The summed E-state index contributed by atoms with van der Waals surface area (Å²) in [7, 11) is 0. The van der Waals surface area contributed by atoms with Crippen LogP contribution in [0.25, 0.3) is 0 Å². The first-order chi connectivity index (χ1) is 9.15. The standard InChI is InChI=1S/C14H20N4O/c1-11-5-4-6-12(9-11)17-14(15)16-10-13(19)18-7-2-3-8-18/h4-6,9H,2-3,7-8,10H2,1H3,(H3,15,16,17). The molecule has 0 atom stereocenters. The van der Waals surface area contributed by atoms with Crippen LogP contribution in [-0.4, -0.2) is 36.4 Å². The van der Waals surface area contributed by atoms with Crippen LogP contribution in [0.1, 0.15) is 18.4 Å². The van der Waals surface area contributed by atoms with Crippen molar-refractivity contribution in [1.82, 2.24) is 4.90 Å². The van der Waals surface area contributed by atoms with E-state index in [0.717, 1.165) is 37.2 Å². The molecule has 1 saturated heterocycles. The van der Waals surface area contributed by atoms with Crippen LogP contribution < -0.4 is 11.1 Å². The average molecular weight is 260 g/mol. The Morgan fingerprint density at radius 3 is 2.84 bits per heavy atom. The second-order valence-corrected chi connectivity index (χ2v) is 4.78. The lowest BCUT2D eigenvalue weighted by Gasteiger charge is -2.13. The van der Waals surface area contributed by atoms with Gasteiger partial charge in [-0.25, -0.2) is 4.99 Å². The Morgan fingerprint density at radius 2 is 2.16 bits per heavy atom. The molecule has 0 aromatic heterocycles. The molecule has 19 heavy (non-hydrogen) atoms. The van der Waals surface area contributed by atoms with E-state index < -0.39 is 0 Å². The van der Waals surface area contributed by atoms with Crippen LogP contribution in [0.2, 0.25) is 0 Å². The van der Waals surface area contributed by atoms with E-state index in [9.17, 15) is 4.79 Å². The molecule has 0 bridgehead atoms. The molecule has 0 spiro atoms. The van der Waals surface area contributed by atoms with Gasteiger partial charge in [-0.15, -0.1) is 0 Å². The number of nitrogens with zero attached hydrogens (tertiary/aromatic N) is 2. The summed E-state index contributed by atoms with van der Waals surface area (Å²) in [5, 5.41) is 2.99. The molecule has 1 amide bonds. The van der Waals surface area contributed by atoms with Crippen molar-refractivity contribution in [2.24, 2.45) is 10.7 Å². The number of carbonyl (C=O) groups excluding carboxylic acids is 1. The summed E-state index contributed by atoms with van der Waals surface area (Å²) in [6.07, 6.45) is 2.18. The average Bonchev–Trinajstić information content (AvgIpc) is 2.90. The molecule has 1 aromatic rings. The molecule has 5 heteroatoms.